The van der Waals surface area contributed by atoms with E-state index in [1.165, 1.54) is 17.3 Å². The maximum atomic E-state index is 12.2. The number of aromatic nitrogens is 4. The lowest BCUT2D eigenvalue weighted by molar-refractivity contribution is -0.113. The number of aryl methyl sites for hydroxylation is 1. The largest absolute Gasteiger partial charge is 0.457 e. The van der Waals surface area contributed by atoms with Gasteiger partial charge in [0, 0.05) is 5.69 Å². The molecular weight excluding hydrogens is 362 g/mol. The summed E-state index contributed by atoms with van der Waals surface area (Å²) in [5, 5.41) is 15.2. The molecule has 1 heterocycles. The zero-order chi connectivity index (χ0) is 18.6. The third-order valence-corrected chi connectivity index (χ3v) is 5.02. The van der Waals surface area contributed by atoms with Crippen molar-refractivity contribution in [2.75, 3.05) is 11.1 Å². The van der Waals surface area contributed by atoms with E-state index < -0.39 is 0 Å². The second-order valence-electron chi connectivity index (χ2n) is 6.41. The van der Waals surface area contributed by atoms with Gasteiger partial charge in [0.25, 0.3) is 0 Å². The van der Waals surface area contributed by atoms with Crippen LogP contribution in [-0.4, -0.2) is 31.9 Å². The van der Waals surface area contributed by atoms with Gasteiger partial charge in [0.2, 0.25) is 11.1 Å². The summed E-state index contributed by atoms with van der Waals surface area (Å²) in [7, 11) is 0. The highest BCUT2D eigenvalue weighted by atomic mass is 32.2. The van der Waals surface area contributed by atoms with Crippen LogP contribution in [-0.2, 0) is 4.79 Å². The summed E-state index contributed by atoms with van der Waals surface area (Å²) in [5.74, 6) is 1.66. The zero-order valence-corrected chi connectivity index (χ0v) is 15.6. The molecule has 1 fully saturated rings. The Kier molecular flexibility index (Phi) is 5.06. The topological polar surface area (TPSA) is 81.9 Å². The summed E-state index contributed by atoms with van der Waals surface area (Å²) < 4.78 is 7.59. The van der Waals surface area contributed by atoms with Crippen molar-refractivity contribution in [1.82, 2.24) is 20.2 Å². The number of benzene rings is 2. The lowest BCUT2D eigenvalue weighted by Crippen LogP contribution is -2.14. The number of anilines is 1. The maximum Gasteiger partial charge on any atom is 0.234 e. The second-order valence-corrected chi connectivity index (χ2v) is 7.36. The number of carbonyl (C=O) groups is 1. The van der Waals surface area contributed by atoms with Gasteiger partial charge in [0.1, 0.15) is 11.5 Å². The van der Waals surface area contributed by atoms with Crippen LogP contribution in [0.25, 0.3) is 0 Å². The molecule has 3 aromatic rings. The Bertz CT molecular complexity index is 920. The number of hydrogen-bond donors (Lipinski definition) is 1. The first-order valence-corrected chi connectivity index (χ1v) is 9.71. The van der Waals surface area contributed by atoms with Crippen molar-refractivity contribution in [3.63, 3.8) is 0 Å². The number of tetrazole rings is 1. The van der Waals surface area contributed by atoms with Gasteiger partial charge < -0.3 is 10.1 Å². The van der Waals surface area contributed by atoms with Gasteiger partial charge in [-0.05, 0) is 66.6 Å². The molecule has 0 saturated heterocycles. The van der Waals surface area contributed by atoms with E-state index in [0.29, 0.717) is 11.2 Å². The second kappa shape index (κ2) is 7.79. The molecule has 0 spiro atoms. The fourth-order valence-corrected chi connectivity index (χ4v) is 3.25. The molecular formula is C19H19N5O2S. The van der Waals surface area contributed by atoms with Gasteiger partial charge in [0.15, 0.2) is 0 Å². The molecule has 1 saturated carbocycles. The van der Waals surface area contributed by atoms with Gasteiger partial charge in [0.05, 0.1) is 11.8 Å². The van der Waals surface area contributed by atoms with Crippen LogP contribution >= 0.6 is 11.8 Å². The highest BCUT2D eigenvalue weighted by molar-refractivity contribution is 7.99. The summed E-state index contributed by atoms with van der Waals surface area (Å²) >= 11 is 1.35. The molecule has 27 heavy (non-hydrogen) atoms. The minimum atomic E-state index is -0.0995. The highest BCUT2D eigenvalue weighted by Crippen LogP contribution is 2.36. The minimum Gasteiger partial charge on any atom is -0.457 e. The number of amides is 1. The highest BCUT2D eigenvalue weighted by Gasteiger charge is 2.28. The Morgan fingerprint density at radius 1 is 1.15 bits per heavy atom. The number of hydrogen-bond acceptors (Lipinski definition) is 6. The minimum absolute atomic E-state index is 0.0995. The molecule has 0 atom stereocenters. The van der Waals surface area contributed by atoms with E-state index in [1.807, 2.05) is 55.5 Å². The number of ether oxygens (including phenoxy) is 1. The molecule has 4 rings (SSSR count). The lowest BCUT2D eigenvalue weighted by atomic mass is 10.2. The van der Waals surface area contributed by atoms with E-state index in [1.54, 1.807) is 4.68 Å². The van der Waals surface area contributed by atoms with E-state index in [-0.39, 0.29) is 11.7 Å². The van der Waals surface area contributed by atoms with Gasteiger partial charge >= 0.3 is 0 Å². The standard InChI is InChI=1S/C19H19N5O2S/c1-13-2-8-16(9-3-13)26-17-10-4-14(5-11-17)20-18(25)12-27-19-21-22-23-24(19)15-6-7-15/h2-5,8-11,15H,6-7,12H2,1H3,(H,20,25). The number of carbonyl (C=O) groups excluding carboxylic acids is 1. The number of nitrogens with zero attached hydrogens (tertiary/aromatic N) is 4. The zero-order valence-electron chi connectivity index (χ0n) is 14.8. The first kappa shape index (κ1) is 17.5. The molecule has 1 aliphatic carbocycles. The Morgan fingerprint density at radius 3 is 2.48 bits per heavy atom. The summed E-state index contributed by atoms with van der Waals surface area (Å²) in [6.07, 6.45) is 2.20. The van der Waals surface area contributed by atoms with Crippen molar-refractivity contribution >= 4 is 23.4 Å². The average Bonchev–Trinajstić information content (AvgIpc) is 3.41. The van der Waals surface area contributed by atoms with Crippen molar-refractivity contribution in [3.8, 4) is 11.5 Å². The molecule has 0 bridgehead atoms. The Morgan fingerprint density at radius 2 is 1.81 bits per heavy atom. The Balaban J connectivity index is 1.29. The van der Waals surface area contributed by atoms with Crippen molar-refractivity contribution < 1.29 is 9.53 Å². The van der Waals surface area contributed by atoms with Gasteiger partial charge in [-0.15, -0.1) is 5.10 Å². The average molecular weight is 381 g/mol. The van der Waals surface area contributed by atoms with Crippen LogP contribution in [0.2, 0.25) is 0 Å². The maximum absolute atomic E-state index is 12.2. The van der Waals surface area contributed by atoms with Crippen LogP contribution in [0.3, 0.4) is 0 Å². The summed E-state index contributed by atoms with van der Waals surface area (Å²) in [4.78, 5) is 12.2. The molecule has 1 aromatic heterocycles. The normalized spacial score (nSPS) is 13.4. The molecule has 1 N–H and O–H groups in total. The third-order valence-electron chi connectivity index (χ3n) is 4.08. The molecule has 2 aromatic carbocycles. The van der Waals surface area contributed by atoms with Crippen molar-refractivity contribution in [1.29, 1.82) is 0 Å². The van der Waals surface area contributed by atoms with Crippen LogP contribution in [0.4, 0.5) is 5.69 Å². The molecule has 7 nitrogen and oxygen atoms in total. The fourth-order valence-electron chi connectivity index (χ4n) is 2.50. The van der Waals surface area contributed by atoms with Crippen LogP contribution in [0, 0.1) is 6.92 Å². The fraction of sp³-hybridized carbons (Fsp3) is 0.263. The number of nitrogens with one attached hydrogen (secondary N) is 1. The first-order chi connectivity index (χ1) is 13.2. The molecule has 1 aliphatic rings. The van der Waals surface area contributed by atoms with Gasteiger partial charge in [-0.2, -0.15) is 0 Å². The monoisotopic (exact) mass is 381 g/mol. The lowest BCUT2D eigenvalue weighted by Gasteiger charge is -2.08. The van der Waals surface area contributed by atoms with Gasteiger partial charge in [-0.3, -0.25) is 4.79 Å². The third kappa shape index (κ3) is 4.65. The molecule has 8 heteroatoms. The Hall–Kier alpha value is -2.87. The van der Waals surface area contributed by atoms with Crippen LogP contribution in [0.15, 0.2) is 53.7 Å². The first-order valence-electron chi connectivity index (χ1n) is 8.72. The molecule has 0 unspecified atom stereocenters. The van der Waals surface area contributed by atoms with Crippen molar-refractivity contribution in [2.24, 2.45) is 0 Å². The quantitative estimate of drug-likeness (QED) is 0.626. The van der Waals surface area contributed by atoms with Crippen molar-refractivity contribution in [3.05, 3.63) is 54.1 Å². The van der Waals surface area contributed by atoms with E-state index in [4.69, 9.17) is 4.74 Å². The molecule has 138 valence electrons. The van der Waals surface area contributed by atoms with Crippen LogP contribution < -0.4 is 10.1 Å². The number of rotatable bonds is 7. The van der Waals surface area contributed by atoms with E-state index in [0.717, 1.165) is 30.0 Å². The van der Waals surface area contributed by atoms with Gasteiger partial charge in [-0.25, -0.2) is 4.68 Å². The van der Waals surface area contributed by atoms with E-state index in [9.17, 15) is 4.79 Å². The van der Waals surface area contributed by atoms with Crippen LogP contribution in [0.5, 0.6) is 11.5 Å². The van der Waals surface area contributed by atoms with E-state index in [2.05, 4.69) is 20.8 Å². The predicted molar refractivity (Wildman–Crippen MR) is 103 cm³/mol. The number of thioether (sulfide) groups is 1. The summed E-state index contributed by atoms with van der Waals surface area (Å²) in [6.45, 7) is 2.03. The summed E-state index contributed by atoms with van der Waals surface area (Å²) in [6, 6.07) is 15.6. The predicted octanol–water partition coefficient (Wildman–Crippen LogP) is 3.84. The molecule has 1 amide bonds. The smallest absolute Gasteiger partial charge is 0.234 e. The SMILES string of the molecule is Cc1ccc(Oc2ccc(NC(=O)CSc3nnnn3C3CC3)cc2)cc1. The summed E-state index contributed by atoms with van der Waals surface area (Å²) in [5.41, 5.74) is 1.91. The van der Waals surface area contributed by atoms with Gasteiger partial charge in [-0.1, -0.05) is 29.5 Å². The van der Waals surface area contributed by atoms with Crippen LogP contribution in [0.1, 0.15) is 24.4 Å². The molecule has 0 aliphatic heterocycles. The van der Waals surface area contributed by atoms with E-state index >= 15 is 0 Å². The molecule has 0 radical (unpaired) electrons. The van der Waals surface area contributed by atoms with Crippen molar-refractivity contribution in [2.45, 2.75) is 31.0 Å². The Labute approximate surface area is 161 Å².